The molecule has 24 heavy (non-hydrogen) atoms. The van der Waals surface area contributed by atoms with Crippen molar-refractivity contribution in [2.24, 2.45) is 0 Å². The van der Waals surface area contributed by atoms with Crippen LogP contribution in [0.4, 0.5) is 0 Å². The first-order valence-corrected chi connectivity index (χ1v) is 7.08. The number of aromatic carboxylic acids is 2. The van der Waals surface area contributed by atoms with E-state index in [0.717, 1.165) is 17.2 Å². The van der Waals surface area contributed by atoms with Crippen LogP contribution in [0.25, 0.3) is 16.8 Å². The lowest BCUT2D eigenvalue weighted by molar-refractivity contribution is -0.595. The largest absolute Gasteiger partial charge is 0.478 e. The Balaban J connectivity index is 2.03. The molecule has 2 N–H and O–H groups in total. The summed E-state index contributed by atoms with van der Waals surface area (Å²) in [7, 11) is 0. The number of carbonyl (C=O) groups is 2. The molecule has 0 aliphatic carbocycles. The fourth-order valence-electron chi connectivity index (χ4n) is 2.34. The zero-order valence-electron chi connectivity index (χ0n) is 12.5. The first-order chi connectivity index (χ1) is 11.5. The summed E-state index contributed by atoms with van der Waals surface area (Å²) in [4.78, 5) is 26.4. The van der Waals surface area contributed by atoms with Crippen molar-refractivity contribution in [3.63, 3.8) is 0 Å². The lowest BCUT2D eigenvalue weighted by Crippen LogP contribution is -2.30. The molecule has 0 saturated heterocycles. The van der Waals surface area contributed by atoms with Crippen molar-refractivity contribution in [1.29, 1.82) is 0 Å². The number of rotatable bonds is 4. The van der Waals surface area contributed by atoms with Crippen LogP contribution in [0, 0.1) is 0 Å². The Hall–Kier alpha value is -3.54. The van der Waals surface area contributed by atoms with Crippen LogP contribution in [-0.2, 0) is 0 Å². The fourth-order valence-corrected chi connectivity index (χ4v) is 2.34. The molecule has 0 radical (unpaired) electrons. The molecular formula is C18H13N2O4+. The highest BCUT2D eigenvalue weighted by Crippen LogP contribution is 2.17. The third-order valence-corrected chi connectivity index (χ3v) is 3.55. The van der Waals surface area contributed by atoms with Gasteiger partial charge in [-0.2, -0.15) is 4.57 Å². The Morgan fingerprint density at radius 1 is 0.792 bits per heavy atom. The second-order valence-corrected chi connectivity index (χ2v) is 5.11. The molecule has 2 aromatic heterocycles. The second kappa shape index (κ2) is 6.29. The third-order valence-electron chi connectivity index (χ3n) is 3.55. The number of hydrogen-bond donors (Lipinski definition) is 2. The lowest BCUT2D eigenvalue weighted by Gasteiger charge is -2.03. The van der Waals surface area contributed by atoms with Gasteiger partial charge in [0.05, 0.1) is 11.1 Å². The highest BCUT2D eigenvalue weighted by molar-refractivity contribution is 5.94. The molecule has 0 atom stereocenters. The van der Waals surface area contributed by atoms with E-state index in [9.17, 15) is 9.59 Å². The predicted molar refractivity (Wildman–Crippen MR) is 85.1 cm³/mol. The number of aromatic nitrogens is 2. The molecule has 3 rings (SSSR count). The first-order valence-electron chi connectivity index (χ1n) is 7.08. The molecule has 3 aromatic rings. The summed E-state index contributed by atoms with van der Waals surface area (Å²) in [6.07, 6.45) is 6.91. The number of carboxylic acids is 2. The van der Waals surface area contributed by atoms with Gasteiger partial charge in [-0.25, -0.2) is 9.59 Å². The van der Waals surface area contributed by atoms with E-state index in [1.54, 1.807) is 29.4 Å². The maximum Gasteiger partial charge on any atom is 0.335 e. The normalized spacial score (nSPS) is 10.3. The summed E-state index contributed by atoms with van der Waals surface area (Å²) in [6, 6.07) is 11.5. The first kappa shape index (κ1) is 15.4. The van der Waals surface area contributed by atoms with Crippen molar-refractivity contribution in [2.75, 3.05) is 0 Å². The summed E-state index contributed by atoms with van der Waals surface area (Å²) < 4.78 is 1.67. The summed E-state index contributed by atoms with van der Waals surface area (Å²) in [6.45, 7) is 0. The smallest absolute Gasteiger partial charge is 0.335 e. The van der Waals surface area contributed by atoms with E-state index in [2.05, 4.69) is 4.98 Å². The molecule has 118 valence electrons. The topological polar surface area (TPSA) is 91.4 Å². The minimum atomic E-state index is -1.17. The van der Waals surface area contributed by atoms with E-state index in [1.165, 1.54) is 12.1 Å². The van der Waals surface area contributed by atoms with Gasteiger partial charge in [-0.15, -0.1) is 0 Å². The molecule has 6 nitrogen and oxygen atoms in total. The van der Waals surface area contributed by atoms with Gasteiger partial charge in [-0.1, -0.05) is 0 Å². The standard InChI is InChI=1S/C18H12N2O4/c21-17(22)14-9-15(18(23)24)11-16(10-14)20-7-3-13(4-8-20)12-1-5-19-6-2-12/h1-11H,(H-,21,22,23,24)/p+1. The Bertz CT molecular complexity index is 874. The van der Waals surface area contributed by atoms with Crippen LogP contribution in [-0.4, -0.2) is 27.1 Å². The Labute approximate surface area is 137 Å². The van der Waals surface area contributed by atoms with Crippen LogP contribution < -0.4 is 4.57 Å². The lowest BCUT2D eigenvalue weighted by atomic mass is 10.1. The van der Waals surface area contributed by atoms with Crippen LogP contribution in [0.2, 0.25) is 0 Å². The number of nitrogens with zero attached hydrogens (tertiary/aromatic N) is 2. The van der Waals surface area contributed by atoms with Crippen molar-refractivity contribution < 1.29 is 24.4 Å². The molecule has 0 saturated carbocycles. The quantitative estimate of drug-likeness (QED) is 0.720. The van der Waals surface area contributed by atoms with Crippen LogP contribution in [0.15, 0.2) is 67.3 Å². The fraction of sp³-hybridized carbons (Fsp3) is 0. The Kier molecular flexibility index (Phi) is 4.03. The average molecular weight is 321 g/mol. The molecule has 0 fully saturated rings. The summed E-state index contributed by atoms with van der Waals surface area (Å²) >= 11 is 0. The number of hydrogen-bond acceptors (Lipinski definition) is 3. The van der Waals surface area contributed by atoms with E-state index in [-0.39, 0.29) is 11.1 Å². The molecule has 0 spiro atoms. The minimum absolute atomic E-state index is 0.0735. The molecule has 1 aromatic carbocycles. The van der Waals surface area contributed by atoms with Gasteiger partial charge in [0.2, 0.25) is 5.69 Å². The summed E-state index contributed by atoms with van der Waals surface area (Å²) in [5, 5.41) is 18.3. The van der Waals surface area contributed by atoms with Crippen molar-refractivity contribution in [1.82, 2.24) is 4.98 Å². The van der Waals surface area contributed by atoms with Crippen LogP contribution in [0.3, 0.4) is 0 Å². The second-order valence-electron chi connectivity index (χ2n) is 5.11. The molecular weight excluding hydrogens is 308 g/mol. The molecule has 0 unspecified atom stereocenters. The predicted octanol–water partition coefficient (Wildman–Crippen LogP) is 2.42. The van der Waals surface area contributed by atoms with E-state index in [1.807, 2.05) is 24.3 Å². The van der Waals surface area contributed by atoms with Crippen LogP contribution in [0.5, 0.6) is 0 Å². The monoisotopic (exact) mass is 321 g/mol. The van der Waals surface area contributed by atoms with Crippen molar-refractivity contribution in [3.05, 3.63) is 78.4 Å². The molecule has 2 heterocycles. The molecule has 6 heteroatoms. The van der Waals surface area contributed by atoms with E-state index >= 15 is 0 Å². The number of benzene rings is 1. The molecule has 0 bridgehead atoms. The van der Waals surface area contributed by atoms with E-state index in [4.69, 9.17) is 10.2 Å². The van der Waals surface area contributed by atoms with Crippen molar-refractivity contribution in [2.45, 2.75) is 0 Å². The molecule has 0 amide bonds. The molecule has 0 aliphatic rings. The zero-order valence-corrected chi connectivity index (χ0v) is 12.5. The number of pyridine rings is 2. The van der Waals surface area contributed by atoms with Gasteiger partial charge in [0.15, 0.2) is 12.4 Å². The van der Waals surface area contributed by atoms with Gasteiger partial charge in [0, 0.05) is 36.7 Å². The van der Waals surface area contributed by atoms with E-state index < -0.39 is 11.9 Å². The molecule has 0 aliphatic heterocycles. The van der Waals surface area contributed by atoms with Crippen molar-refractivity contribution in [3.8, 4) is 16.8 Å². The van der Waals surface area contributed by atoms with Crippen LogP contribution >= 0.6 is 0 Å². The highest BCUT2D eigenvalue weighted by atomic mass is 16.4. The third kappa shape index (κ3) is 3.12. The SMILES string of the molecule is O=C(O)c1cc(C(=O)O)cc(-[n+]2ccc(-c3ccncc3)cc2)c1. The van der Waals surface area contributed by atoms with Gasteiger partial charge < -0.3 is 10.2 Å². The Morgan fingerprint density at radius 3 is 1.79 bits per heavy atom. The van der Waals surface area contributed by atoms with Gasteiger partial charge >= 0.3 is 11.9 Å². The zero-order chi connectivity index (χ0) is 17.1. The Morgan fingerprint density at radius 2 is 1.29 bits per heavy atom. The van der Waals surface area contributed by atoms with Gasteiger partial charge in [-0.3, -0.25) is 4.98 Å². The average Bonchev–Trinajstić information content (AvgIpc) is 2.62. The van der Waals surface area contributed by atoms with Crippen LogP contribution in [0.1, 0.15) is 20.7 Å². The summed E-state index contributed by atoms with van der Waals surface area (Å²) in [5.74, 6) is -2.35. The van der Waals surface area contributed by atoms with Crippen molar-refractivity contribution >= 4 is 11.9 Å². The van der Waals surface area contributed by atoms with Gasteiger partial charge in [0.1, 0.15) is 0 Å². The highest BCUT2D eigenvalue weighted by Gasteiger charge is 2.16. The maximum atomic E-state index is 11.2. The van der Waals surface area contributed by atoms with E-state index in [0.29, 0.717) is 5.69 Å². The minimum Gasteiger partial charge on any atom is -0.478 e. The van der Waals surface area contributed by atoms with Gasteiger partial charge in [0.25, 0.3) is 0 Å². The maximum absolute atomic E-state index is 11.2. The summed E-state index contributed by atoms with van der Waals surface area (Å²) in [5.41, 5.74) is 2.30. The number of carboxylic acid groups (broad SMARTS) is 2. The van der Waals surface area contributed by atoms with Gasteiger partial charge in [-0.05, 0) is 29.3 Å².